The zero-order chi connectivity index (χ0) is 19.6. The van der Waals surface area contributed by atoms with Gasteiger partial charge in [-0.15, -0.1) is 0 Å². The molecule has 27 heavy (non-hydrogen) atoms. The van der Waals surface area contributed by atoms with Crippen molar-refractivity contribution < 1.29 is 9.50 Å². The molecule has 1 aromatic heterocycles. The van der Waals surface area contributed by atoms with Gasteiger partial charge < -0.3 is 10.0 Å². The van der Waals surface area contributed by atoms with E-state index in [1.165, 1.54) is 6.07 Å². The summed E-state index contributed by atoms with van der Waals surface area (Å²) in [6.45, 7) is 11.7. The fourth-order valence-electron chi connectivity index (χ4n) is 3.70. The molecule has 1 aliphatic rings. The largest absolute Gasteiger partial charge is 0.389 e. The first-order valence-electron chi connectivity index (χ1n) is 9.49. The summed E-state index contributed by atoms with van der Waals surface area (Å²) in [6.07, 6.45) is 0.614. The zero-order valence-electron chi connectivity index (χ0n) is 16.7. The highest BCUT2D eigenvalue weighted by Crippen LogP contribution is 2.25. The first-order chi connectivity index (χ1) is 12.7. The van der Waals surface area contributed by atoms with Crippen LogP contribution in [0.3, 0.4) is 0 Å². The van der Waals surface area contributed by atoms with Gasteiger partial charge in [0.15, 0.2) is 0 Å². The van der Waals surface area contributed by atoms with E-state index in [2.05, 4.69) is 14.8 Å². The monoisotopic (exact) mass is 372 g/mol. The Morgan fingerprint density at radius 3 is 2.44 bits per heavy atom. The summed E-state index contributed by atoms with van der Waals surface area (Å²) in [5, 5.41) is 10.0. The highest BCUT2D eigenvalue weighted by atomic mass is 19.1. The number of hydrogen-bond acceptors (Lipinski definition) is 5. The van der Waals surface area contributed by atoms with E-state index >= 15 is 0 Å². The van der Waals surface area contributed by atoms with Crippen LogP contribution >= 0.6 is 0 Å². The van der Waals surface area contributed by atoms with Crippen molar-refractivity contribution in [2.24, 2.45) is 0 Å². The van der Waals surface area contributed by atoms with Crippen molar-refractivity contribution in [3.8, 4) is 0 Å². The van der Waals surface area contributed by atoms with Gasteiger partial charge in [0.05, 0.1) is 5.60 Å². The molecule has 2 aromatic rings. The molecule has 0 saturated carbocycles. The maximum absolute atomic E-state index is 13.6. The summed E-state index contributed by atoms with van der Waals surface area (Å²) in [4.78, 5) is 13.8. The van der Waals surface area contributed by atoms with E-state index in [9.17, 15) is 9.50 Å². The predicted molar refractivity (Wildman–Crippen MR) is 106 cm³/mol. The number of rotatable bonds is 5. The Morgan fingerprint density at radius 1 is 1.11 bits per heavy atom. The Hall–Kier alpha value is -2.05. The van der Waals surface area contributed by atoms with Crippen molar-refractivity contribution in [1.82, 2.24) is 14.9 Å². The minimum atomic E-state index is -0.688. The second-order valence-corrected chi connectivity index (χ2v) is 8.04. The fraction of sp³-hybridized carbons (Fsp3) is 0.524. The first kappa shape index (κ1) is 19.7. The summed E-state index contributed by atoms with van der Waals surface area (Å²) in [5.41, 5.74) is 2.24. The van der Waals surface area contributed by atoms with Gasteiger partial charge in [-0.3, -0.25) is 4.90 Å². The average Bonchev–Trinajstić information content (AvgIpc) is 2.56. The third-order valence-electron chi connectivity index (χ3n) is 4.86. The molecule has 1 saturated heterocycles. The highest BCUT2D eigenvalue weighted by Gasteiger charge is 2.25. The molecule has 2 heterocycles. The van der Waals surface area contributed by atoms with Gasteiger partial charge in [-0.25, -0.2) is 14.4 Å². The minimum absolute atomic E-state index is 0.222. The van der Waals surface area contributed by atoms with E-state index in [0.717, 1.165) is 54.6 Å². The number of benzene rings is 1. The molecule has 0 unspecified atom stereocenters. The number of β-amino-alcohol motifs (C(OH)–C–C–N with tert-alkyl or cyclic N) is 1. The molecule has 1 N–H and O–H groups in total. The third-order valence-corrected chi connectivity index (χ3v) is 4.86. The third kappa shape index (κ3) is 5.23. The van der Waals surface area contributed by atoms with Crippen LogP contribution in [0.4, 0.5) is 10.2 Å². The predicted octanol–water partition coefficient (Wildman–Crippen LogP) is 2.72. The maximum Gasteiger partial charge on any atom is 0.136 e. The smallest absolute Gasteiger partial charge is 0.136 e. The number of hydrogen-bond donors (Lipinski definition) is 1. The lowest BCUT2D eigenvalue weighted by molar-refractivity contribution is 0.0344. The van der Waals surface area contributed by atoms with Crippen LogP contribution in [0, 0.1) is 19.7 Å². The molecule has 146 valence electrons. The Labute approximate surface area is 160 Å². The number of aromatic nitrogens is 2. The minimum Gasteiger partial charge on any atom is -0.389 e. The molecular weight excluding hydrogens is 343 g/mol. The van der Waals surface area contributed by atoms with Gasteiger partial charge in [0.2, 0.25) is 0 Å². The molecule has 1 aliphatic heterocycles. The van der Waals surface area contributed by atoms with Gasteiger partial charge in [0.1, 0.15) is 17.5 Å². The molecule has 1 fully saturated rings. The molecule has 0 aliphatic carbocycles. The van der Waals surface area contributed by atoms with E-state index in [0.29, 0.717) is 13.0 Å². The summed E-state index contributed by atoms with van der Waals surface area (Å²) < 4.78 is 13.6. The SMILES string of the molecule is Cc1nc(C)c(Cc2cccc(F)c2)c(N2CCN(CC(C)(C)O)CC2)n1. The molecule has 1 aromatic carbocycles. The van der Waals surface area contributed by atoms with Crippen LogP contribution in [-0.4, -0.2) is 58.3 Å². The summed E-state index contributed by atoms with van der Waals surface area (Å²) in [7, 11) is 0. The lowest BCUT2D eigenvalue weighted by Crippen LogP contribution is -2.51. The quantitative estimate of drug-likeness (QED) is 0.875. The van der Waals surface area contributed by atoms with Crippen molar-refractivity contribution in [1.29, 1.82) is 0 Å². The highest BCUT2D eigenvalue weighted by molar-refractivity contribution is 5.51. The standard InChI is InChI=1S/C21H29FN4O/c1-15-19(13-17-6-5-7-18(22)12-17)20(24-16(2)23-15)26-10-8-25(9-11-26)14-21(3,4)27/h5-7,12,27H,8-11,13-14H2,1-4H3. The number of anilines is 1. The van der Waals surface area contributed by atoms with Gasteiger partial charge in [-0.05, 0) is 45.4 Å². The topological polar surface area (TPSA) is 52.5 Å². The van der Waals surface area contributed by atoms with E-state index in [-0.39, 0.29) is 5.82 Å². The van der Waals surface area contributed by atoms with Crippen molar-refractivity contribution in [3.05, 3.63) is 52.7 Å². The molecular formula is C21H29FN4O. The zero-order valence-corrected chi connectivity index (χ0v) is 16.7. The summed E-state index contributed by atoms with van der Waals surface area (Å²) >= 11 is 0. The molecule has 5 nitrogen and oxygen atoms in total. The van der Waals surface area contributed by atoms with Crippen LogP contribution < -0.4 is 4.90 Å². The van der Waals surface area contributed by atoms with Crippen molar-refractivity contribution >= 4 is 5.82 Å². The molecule has 0 amide bonds. The molecule has 0 atom stereocenters. The molecule has 0 bridgehead atoms. The number of aliphatic hydroxyl groups is 1. The number of nitrogens with zero attached hydrogens (tertiary/aromatic N) is 4. The van der Waals surface area contributed by atoms with E-state index in [1.807, 2.05) is 33.8 Å². The van der Waals surface area contributed by atoms with Gasteiger partial charge in [0.25, 0.3) is 0 Å². The Balaban J connectivity index is 1.81. The van der Waals surface area contributed by atoms with Crippen LogP contribution in [0.5, 0.6) is 0 Å². The molecule has 6 heteroatoms. The average molecular weight is 372 g/mol. The normalized spacial score (nSPS) is 16.0. The Bertz CT molecular complexity index is 795. The lowest BCUT2D eigenvalue weighted by atomic mass is 10.0. The van der Waals surface area contributed by atoms with Crippen molar-refractivity contribution in [2.75, 3.05) is 37.6 Å². The second-order valence-electron chi connectivity index (χ2n) is 8.04. The lowest BCUT2D eigenvalue weighted by Gasteiger charge is -2.38. The van der Waals surface area contributed by atoms with Gasteiger partial charge in [-0.2, -0.15) is 0 Å². The van der Waals surface area contributed by atoms with Gasteiger partial charge >= 0.3 is 0 Å². The first-order valence-corrected chi connectivity index (χ1v) is 9.49. The van der Waals surface area contributed by atoms with E-state index in [4.69, 9.17) is 4.98 Å². The van der Waals surface area contributed by atoms with E-state index < -0.39 is 5.60 Å². The molecule has 0 radical (unpaired) electrons. The Kier molecular flexibility index (Phi) is 5.77. The molecule has 3 rings (SSSR count). The van der Waals surface area contributed by atoms with Crippen LogP contribution in [0.25, 0.3) is 0 Å². The summed E-state index contributed by atoms with van der Waals surface area (Å²) in [6, 6.07) is 6.71. The van der Waals surface area contributed by atoms with Crippen molar-refractivity contribution in [3.63, 3.8) is 0 Å². The number of aryl methyl sites for hydroxylation is 2. The van der Waals surface area contributed by atoms with Crippen LogP contribution in [0.2, 0.25) is 0 Å². The number of halogens is 1. The van der Waals surface area contributed by atoms with Crippen LogP contribution in [-0.2, 0) is 6.42 Å². The maximum atomic E-state index is 13.6. The second kappa shape index (κ2) is 7.90. The van der Waals surface area contributed by atoms with Crippen LogP contribution in [0.1, 0.15) is 36.5 Å². The van der Waals surface area contributed by atoms with Crippen molar-refractivity contribution in [2.45, 2.75) is 39.7 Å². The molecule has 0 spiro atoms. The van der Waals surface area contributed by atoms with Gasteiger partial charge in [0, 0.05) is 50.4 Å². The Morgan fingerprint density at radius 2 is 1.81 bits per heavy atom. The van der Waals surface area contributed by atoms with E-state index in [1.54, 1.807) is 12.1 Å². The number of piperazine rings is 1. The summed E-state index contributed by atoms with van der Waals surface area (Å²) in [5.74, 6) is 1.48. The van der Waals surface area contributed by atoms with Gasteiger partial charge in [-0.1, -0.05) is 12.1 Å². The fourth-order valence-corrected chi connectivity index (χ4v) is 3.70. The van der Waals surface area contributed by atoms with Crippen LogP contribution in [0.15, 0.2) is 24.3 Å².